The largest absolute Gasteiger partial charge is 0.441 e. The van der Waals surface area contributed by atoms with Gasteiger partial charge in [-0.3, -0.25) is 0 Å². The van der Waals surface area contributed by atoms with E-state index >= 15 is 0 Å². The fourth-order valence-corrected chi connectivity index (χ4v) is 3.42. The van der Waals surface area contributed by atoms with Gasteiger partial charge in [-0.25, -0.2) is 4.98 Å². The van der Waals surface area contributed by atoms with E-state index in [0.29, 0.717) is 17.7 Å². The average molecular weight is 417 g/mol. The highest BCUT2D eigenvalue weighted by Crippen LogP contribution is 2.24. The summed E-state index contributed by atoms with van der Waals surface area (Å²) in [6, 6.07) is 16.7. The Morgan fingerprint density at radius 3 is 1.97 bits per heavy atom. The lowest BCUT2D eigenvalue weighted by Crippen LogP contribution is -2.20. The van der Waals surface area contributed by atoms with Crippen LogP contribution in [-0.4, -0.2) is 40.2 Å². The van der Waals surface area contributed by atoms with Gasteiger partial charge in [-0.1, -0.05) is 31.2 Å². The van der Waals surface area contributed by atoms with E-state index in [1.54, 1.807) is 6.92 Å². The molecule has 0 aliphatic heterocycles. The van der Waals surface area contributed by atoms with Crippen LogP contribution in [0.2, 0.25) is 0 Å². The van der Waals surface area contributed by atoms with Crippen LogP contribution in [-0.2, 0) is 12.8 Å². The Kier molecular flexibility index (Phi) is 6.28. The average Bonchev–Trinajstić information content (AvgIpc) is 3.38. The molecule has 0 spiro atoms. The van der Waals surface area contributed by atoms with Gasteiger partial charge < -0.3 is 13.7 Å². The van der Waals surface area contributed by atoms with Crippen molar-refractivity contribution in [3.05, 3.63) is 77.0 Å². The van der Waals surface area contributed by atoms with Crippen molar-refractivity contribution in [2.75, 3.05) is 20.1 Å². The lowest BCUT2D eigenvalue weighted by atomic mass is 10.0. The third kappa shape index (κ3) is 5.09. The SMILES string of the molecule is CCN(C)CCc1nc(-c2ccc(Cc3ccc(-c4nnc(C)o4)cc3)cc2)oc1C. The molecular weight excluding hydrogens is 388 g/mol. The molecule has 0 saturated carbocycles. The van der Waals surface area contributed by atoms with Gasteiger partial charge in [0.05, 0.1) is 5.69 Å². The second-order valence-electron chi connectivity index (χ2n) is 7.86. The van der Waals surface area contributed by atoms with Crippen molar-refractivity contribution in [3.8, 4) is 22.9 Å². The summed E-state index contributed by atoms with van der Waals surface area (Å²) < 4.78 is 11.4. The molecule has 0 aliphatic carbocycles. The molecule has 0 saturated heterocycles. The van der Waals surface area contributed by atoms with Crippen molar-refractivity contribution in [2.45, 2.75) is 33.6 Å². The summed E-state index contributed by atoms with van der Waals surface area (Å²) in [7, 11) is 2.12. The Hall–Kier alpha value is -3.25. The van der Waals surface area contributed by atoms with Crippen LogP contribution in [0.4, 0.5) is 0 Å². The zero-order valence-electron chi connectivity index (χ0n) is 18.6. The molecule has 0 amide bonds. The fraction of sp³-hybridized carbons (Fsp3) is 0.320. The summed E-state index contributed by atoms with van der Waals surface area (Å²) in [5, 5.41) is 7.95. The molecule has 31 heavy (non-hydrogen) atoms. The van der Waals surface area contributed by atoms with Crippen molar-refractivity contribution in [2.24, 2.45) is 0 Å². The number of nitrogens with zero attached hydrogens (tertiary/aromatic N) is 4. The predicted molar refractivity (Wildman–Crippen MR) is 121 cm³/mol. The normalized spacial score (nSPS) is 11.4. The lowest BCUT2D eigenvalue weighted by molar-refractivity contribution is 0.355. The maximum Gasteiger partial charge on any atom is 0.247 e. The highest BCUT2D eigenvalue weighted by Gasteiger charge is 2.12. The minimum Gasteiger partial charge on any atom is -0.441 e. The molecule has 4 rings (SSSR count). The molecule has 0 radical (unpaired) electrons. The molecule has 0 atom stereocenters. The first-order chi connectivity index (χ1) is 15.0. The van der Waals surface area contributed by atoms with Gasteiger partial charge >= 0.3 is 0 Å². The van der Waals surface area contributed by atoms with Crippen molar-refractivity contribution < 1.29 is 8.83 Å². The minimum absolute atomic E-state index is 0.551. The van der Waals surface area contributed by atoms with Crippen LogP contribution >= 0.6 is 0 Å². The summed E-state index contributed by atoms with van der Waals surface area (Å²) in [6.07, 6.45) is 1.75. The predicted octanol–water partition coefficient (Wildman–Crippen LogP) is 5.09. The van der Waals surface area contributed by atoms with Crippen LogP contribution in [0.25, 0.3) is 22.9 Å². The number of hydrogen-bond donors (Lipinski definition) is 0. The highest BCUT2D eigenvalue weighted by atomic mass is 16.4. The van der Waals surface area contributed by atoms with Gasteiger partial charge in [0.15, 0.2) is 0 Å². The molecule has 6 heteroatoms. The number of rotatable bonds is 8. The van der Waals surface area contributed by atoms with E-state index in [2.05, 4.69) is 65.5 Å². The molecule has 2 heterocycles. The maximum absolute atomic E-state index is 5.93. The van der Waals surface area contributed by atoms with Crippen molar-refractivity contribution in [1.29, 1.82) is 0 Å². The second-order valence-corrected chi connectivity index (χ2v) is 7.86. The first kappa shape index (κ1) is 21.0. The van der Waals surface area contributed by atoms with Crippen molar-refractivity contribution in [3.63, 3.8) is 0 Å². The third-order valence-electron chi connectivity index (χ3n) is 5.50. The molecule has 0 unspecified atom stereocenters. The fourth-order valence-electron chi connectivity index (χ4n) is 3.42. The molecular formula is C25H28N4O2. The van der Waals surface area contributed by atoms with Gasteiger partial charge in [-0.2, -0.15) is 0 Å². The summed E-state index contributed by atoms with van der Waals surface area (Å²) >= 11 is 0. The van der Waals surface area contributed by atoms with Gasteiger partial charge in [0.1, 0.15) is 5.76 Å². The van der Waals surface area contributed by atoms with Crippen LogP contribution in [0.1, 0.15) is 35.4 Å². The number of oxazole rings is 1. The van der Waals surface area contributed by atoms with Crippen LogP contribution in [0.3, 0.4) is 0 Å². The Balaban J connectivity index is 1.41. The summed E-state index contributed by atoms with van der Waals surface area (Å²) in [4.78, 5) is 7.00. The molecule has 0 N–H and O–H groups in total. The van der Waals surface area contributed by atoms with E-state index in [1.807, 2.05) is 19.1 Å². The lowest BCUT2D eigenvalue weighted by Gasteiger charge is -2.11. The van der Waals surface area contributed by atoms with E-state index in [4.69, 9.17) is 13.8 Å². The van der Waals surface area contributed by atoms with E-state index in [9.17, 15) is 0 Å². The number of aromatic nitrogens is 3. The molecule has 2 aromatic carbocycles. The van der Waals surface area contributed by atoms with Crippen molar-refractivity contribution in [1.82, 2.24) is 20.1 Å². The molecule has 6 nitrogen and oxygen atoms in total. The van der Waals surface area contributed by atoms with Gasteiger partial charge in [-0.05, 0) is 62.3 Å². The Bertz CT molecular complexity index is 1130. The molecule has 0 fully saturated rings. The zero-order chi connectivity index (χ0) is 21.8. The summed E-state index contributed by atoms with van der Waals surface area (Å²) in [5.41, 5.74) is 5.43. The first-order valence-corrected chi connectivity index (χ1v) is 10.7. The molecule has 2 aromatic heterocycles. The number of hydrogen-bond acceptors (Lipinski definition) is 6. The number of benzene rings is 2. The zero-order valence-corrected chi connectivity index (χ0v) is 18.6. The van der Waals surface area contributed by atoms with Crippen LogP contribution in [0, 0.1) is 13.8 Å². The molecule has 4 aromatic rings. The Morgan fingerprint density at radius 2 is 1.42 bits per heavy atom. The monoisotopic (exact) mass is 416 g/mol. The van der Waals surface area contributed by atoms with Crippen molar-refractivity contribution >= 4 is 0 Å². The Labute approximate surface area is 182 Å². The van der Waals surface area contributed by atoms with E-state index in [1.165, 1.54) is 11.1 Å². The topological polar surface area (TPSA) is 68.2 Å². The highest BCUT2D eigenvalue weighted by molar-refractivity contribution is 5.55. The standard InChI is InChI=1S/C25H28N4O2/c1-5-29(4)15-14-23-17(2)30-24(26-23)21-10-6-19(7-11-21)16-20-8-12-22(13-9-20)25-28-27-18(3)31-25/h6-13H,5,14-16H2,1-4H3. The molecule has 0 bridgehead atoms. The number of aryl methyl sites for hydroxylation is 2. The summed E-state index contributed by atoms with van der Waals surface area (Å²) in [6.45, 7) is 7.95. The van der Waals surface area contributed by atoms with Crippen LogP contribution in [0.15, 0.2) is 57.4 Å². The van der Waals surface area contributed by atoms with Gasteiger partial charge in [0, 0.05) is 31.0 Å². The minimum atomic E-state index is 0.551. The smallest absolute Gasteiger partial charge is 0.247 e. The van der Waals surface area contributed by atoms with Gasteiger partial charge in [0.25, 0.3) is 0 Å². The van der Waals surface area contributed by atoms with E-state index in [-0.39, 0.29) is 0 Å². The Morgan fingerprint density at radius 1 is 0.806 bits per heavy atom. The van der Waals surface area contributed by atoms with Crippen LogP contribution < -0.4 is 0 Å². The summed E-state index contributed by atoms with van der Waals surface area (Å²) in [5.74, 6) is 2.72. The number of likely N-dealkylation sites (N-methyl/N-ethyl adjacent to an activating group) is 1. The molecule has 160 valence electrons. The first-order valence-electron chi connectivity index (χ1n) is 10.7. The van der Waals surface area contributed by atoms with Gasteiger partial charge in [-0.15, -0.1) is 10.2 Å². The third-order valence-corrected chi connectivity index (χ3v) is 5.50. The maximum atomic E-state index is 5.93. The van der Waals surface area contributed by atoms with Crippen LogP contribution in [0.5, 0.6) is 0 Å². The van der Waals surface area contributed by atoms with E-state index in [0.717, 1.165) is 48.5 Å². The van der Waals surface area contributed by atoms with Gasteiger partial charge in [0.2, 0.25) is 17.7 Å². The second kappa shape index (κ2) is 9.27. The molecule has 0 aliphatic rings. The van der Waals surface area contributed by atoms with E-state index < -0.39 is 0 Å². The quantitative estimate of drug-likeness (QED) is 0.398.